The Kier molecular flexibility index (Phi) is 4.42. The molecule has 0 bridgehead atoms. The third kappa shape index (κ3) is 3.73. The van der Waals surface area contributed by atoms with E-state index in [1.54, 1.807) is 5.38 Å². The van der Waals surface area contributed by atoms with E-state index >= 15 is 0 Å². The van der Waals surface area contributed by atoms with Crippen molar-refractivity contribution in [3.8, 4) is 0 Å². The zero-order valence-corrected chi connectivity index (χ0v) is 10.9. The molecule has 2 rings (SSSR count). The second-order valence-corrected chi connectivity index (χ2v) is 4.71. The average molecular weight is 282 g/mol. The van der Waals surface area contributed by atoms with Gasteiger partial charge in [0.1, 0.15) is 18.2 Å². The lowest BCUT2D eigenvalue weighted by molar-refractivity contribution is -0.138. The number of aryl methyl sites for hydroxylation is 1. The van der Waals surface area contributed by atoms with Crippen molar-refractivity contribution in [2.45, 2.75) is 18.9 Å². The van der Waals surface area contributed by atoms with Gasteiger partial charge >= 0.3 is 5.97 Å². The maximum absolute atomic E-state index is 10.7. The molecule has 1 unspecified atom stereocenters. The highest BCUT2D eigenvalue weighted by Crippen LogP contribution is 2.19. The molecule has 0 saturated heterocycles. The van der Waals surface area contributed by atoms with Crippen LogP contribution < -0.4 is 11.1 Å². The number of aromatic amines is 1. The molecule has 0 saturated carbocycles. The van der Waals surface area contributed by atoms with Crippen LogP contribution in [0.25, 0.3) is 0 Å². The molecule has 9 heteroatoms. The van der Waals surface area contributed by atoms with Crippen molar-refractivity contribution in [3.05, 3.63) is 23.2 Å². The highest BCUT2D eigenvalue weighted by atomic mass is 32.1. The van der Waals surface area contributed by atoms with Gasteiger partial charge in [-0.15, -0.1) is 11.3 Å². The topological polar surface area (TPSA) is 130 Å². The maximum atomic E-state index is 10.7. The quantitative estimate of drug-likeness (QED) is 0.540. The first-order valence-electron chi connectivity index (χ1n) is 5.68. The molecule has 8 nitrogen and oxygen atoms in total. The van der Waals surface area contributed by atoms with Crippen LogP contribution in [0, 0.1) is 0 Å². The summed E-state index contributed by atoms with van der Waals surface area (Å²) in [6, 6.07) is -1.07. The number of carboxylic acids is 1. The minimum atomic E-state index is -1.08. The van der Waals surface area contributed by atoms with Crippen LogP contribution in [0.2, 0.25) is 0 Å². The molecule has 0 spiro atoms. The van der Waals surface area contributed by atoms with Gasteiger partial charge in [-0.3, -0.25) is 9.89 Å². The van der Waals surface area contributed by atoms with Crippen molar-refractivity contribution in [2.75, 3.05) is 11.9 Å². The molecule has 2 aromatic rings. The molecule has 102 valence electrons. The van der Waals surface area contributed by atoms with E-state index in [0.717, 1.165) is 25.2 Å². The normalized spacial score (nSPS) is 12.3. The molecule has 1 atom stereocenters. The first-order valence-corrected chi connectivity index (χ1v) is 6.56. The molecule has 0 amide bonds. The highest BCUT2D eigenvalue weighted by molar-refractivity contribution is 7.13. The summed E-state index contributed by atoms with van der Waals surface area (Å²) in [6.07, 6.45) is 3.14. The number of nitrogens with zero attached hydrogens (tertiary/aromatic N) is 3. The molecule has 0 aliphatic heterocycles. The molecule has 5 N–H and O–H groups in total. The zero-order valence-electron chi connectivity index (χ0n) is 10.0. The molecule has 0 aliphatic rings. The zero-order chi connectivity index (χ0) is 13.7. The van der Waals surface area contributed by atoms with Crippen LogP contribution in [0.1, 0.15) is 24.0 Å². The number of nitrogens with one attached hydrogen (secondary N) is 2. The van der Waals surface area contributed by atoms with Crippen molar-refractivity contribution < 1.29 is 9.90 Å². The van der Waals surface area contributed by atoms with Gasteiger partial charge in [0, 0.05) is 18.3 Å². The number of hydrogen-bond acceptors (Lipinski definition) is 7. The van der Waals surface area contributed by atoms with Crippen LogP contribution in [0.15, 0.2) is 11.7 Å². The van der Waals surface area contributed by atoms with E-state index in [1.165, 1.54) is 17.7 Å². The number of anilines is 1. The lowest BCUT2D eigenvalue weighted by atomic mass is 10.2. The molecule has 0 aromatic carbocycles. The second kappa shape index (κ2) is 6.25. The van der Waals surface area contributed by atoms with Gasteiger partial charge < -0.3 is 16.2 Å². The minimum Gasteiger partial charge on any atom is -0.480 e. The Morgan fingerprint density at radius 1 is 1.63 bits per heavy atom. The number of hydrogen-bond donors (Lipinski definition) is 4. The summed E-state index contributed by atoms with van der Waals surface area (Å²) >= 11 is 1.34. The third-order valence-electron chi connectivity index (χ3n) is 2.44. The molecule has 0 radical (unpaired) electrons. The molecule has 2 aromatic heterocycles. The Bertz CT molecular complexity index is 526. The molecular formula is C10H14N6O2S. The van der Waals surface area contributed by atoms with E-state index in [4.69, 9.17) is 10.8 Å². The lowest BCUT2D eigenvalue weighted by Crippen LogP contribution is -2.20. The first kappa shape index (κ1) is 13.4. The van der Waals surface area contributed by atoms with Gasteiger partial charge in [0.05, 0.1) is 5.69 Å². The van der Waals surface area contributed by atoms with Gasteiger partial charge in [0.25, 0.3) is 0 Å². The standard InChI is InChI=1S/C10H14N6O2S/c11-8(9(17)18)6-4-19-10(15-6)12-3-1-2-7-13-5-14-16-7/h4-5,8H,1-3,11H2,(H,12,15)(H,17,18)(H,13,14,16). The first-order chi connectivity index (χ1) is 9.16. The molecule has 0 fully saturated rings. The number of aliphatic carboxylic acids is 1. The number of nitrogens with two attached hydrogens (primary N) is 1. The van der Waals surface area contributed by atoms with Crippen molar-refractivity contribution >= 4 is 22.4 Å². The van der Waals surface area contributed by atoms with E-state index in [0.29, 0.717) is 10.8 Å². The number of carboxylic acid groups (broad SMARTS) is 1. The van der Waals surface area contributed by atoms with Crippen molar-refractivity contribution in [1.82, 2.24) is 20.2 Å². The SMILES string of the molecule is NC(C(=O)O)c1csc(NCCCc2ncn[nH]2)n1. The number of thiazole rings is 1. The van der Waals surface area contributed by atoms with E-state index in [2.05, 4.69) is 25.5 Å². The Balaban J connectivity index is 1.76. The van der Waals surface area contributed by atoms with Gasteiger partial charge in [0.15, 0.2) is 5.13 Å². The summed E-state index contributed by atoms with van der Waals surface area (Å²) in [5, 5.41) is 20.8. The highest BCUT2D eigenvalue weighted by Gasteiger charge is 2.17. The molecule has 0 aliphatic carbocycles. The van der Waals surface area contributed by atoms with Gasteiger partial charge in [-0.05, 0) is 6.42 Å². The fourth-order valence-electron chi connectivity index (χ4n) is 1.44. The Labute approximate surface area is 113 Å². The van der Waals surface area contributed by atoms with Gasteiger partial charge in [-0.2, -0.15) is 5.10 Å². The number of H-pyrrole nitrogens is 1. The molecular weight excluding hydrogens is 268 g/mol. The minimum absolute atomic E-state index is 0.371. The maximum Gasteiger partial charge on any atom is 0.326 e. The van der Waals surface area contributed by atoms with Crippen LogP contribution in [-0.4, -0.2) is 37.8 Å². The Morgan fingerprint density at radius 3 is 3.16 bits per heavy atom. The summed E-state index contributed by atoms with van der Waals surface area (Å²) in [5.74, 6) is -0.239. The van der Waals surface area contributed by atoms with Crippen molar-refractivity contribution in [1.29, 1.82) is 0 Å². The van der Waals surface area contributed by atoms with Gasteiger partial charge in [-0.1, -0.05) is 0 Å². The predicted octanol–water partition coefficient (Wildman–Crippen LogP) is 0.390. The molecule has 19 heavy (non-hydrogen) atoms. The summed E-state index contributed by atoms with van der Waals surface area (Å²) in [5.41, 5.74) is 5.84. The van der Waals surface area contributed by atoms with Crippen molar-refractivity contribution in [3.63, 3.8) is 0 Å². The lowest BCUT2D eigenvalue weighted by Gasteiger charge is -2.02. The Morgan fingerprint density at radius 2 is 2.47 bits per heavy atom. The van der Waals surface area contributed by atoms with E-state index in [1.807, 2.05) is 0 Å². The monoisotopic (exact) mass is 282 g/mol. The van der Waals surface area contributed by atoms with Gasteiger partial charge in [-0.25, -0.2) is 9.97 Å². The largest absolute Gasteiger partial charge is 0.480 e. The van der Waals surface area contributed by atoms with E-state index in [9.17, 15) is 4.79 Å². The summed E-state index contributed by atoms with van der Waals surface area (Å²) in [6.45, 7) is 0.718. The Hall–Kier alpha value is -2.00. The van der Waals surface area contributed by atoms with Crippen LogP contribution in [0.3, 0.4) is 0 Å². The van der Waals surface area contributed by atoms with E-state index < -0.39 is 12.0 Å². The number of carbonyl (C=O) groups is 1. The molecule has 2 heterocycles. The van der Waals surface area contributed by atoms with Crippen molar-refractivity contribution in [2.24, 2.45) is 5.73 Å². The second-order valence-electron chi connectivity index (χ2n) is 3.86. The fourth-order valence-corrected chi connectivity index (χ4v) is 2.21. The van der Waals surface area contributed by atoms with Crippen LogP contribution in [0.5, 0.6) is 0 Å². The van der Waals surface area contributed by atoms with Crippen LogP contribution >= 0.6 is 11.3 Å². The predicted molar refractivity (Wildman–Crippen MR) is 69.9 cm³/mol. The average Bonchev–Trinajstić information content (AvgIpc) is 3.05. The van der Waals surface area contributed by atoms with Crippen LogP contribution in [0.4, 0.5) is 5.13 Å². The summed E-state index contributed by atoms with van der Waals surface area (Å²) in [7, 11) is 0. The number of aromatic nitrogens is 4. The number of rotatable bonds is 7. The van der Waals surface area contributed by atoms with Gasteiger partial charge in [0.2, 0.25) is 0 Å². The van der Waals surface area contributed by atoms with E-state index in [-0.39, 0.29) is 0 Å². The fraction of sp³-hybridized carbons (Fsp3) is 0.400. The smallest absolute Gasteiger partial charge is 0.326 e. The van der Waals surface area contributed by atoms with Crippen LogP contribution in [-0.2, 0) is 11.2 Å². The third-order valence-corrected chi connectivity index (χ3v) is 3.26. The summed E-state index contributed by atoms with van der Waals surface area (Å²) < 4.78 is 0. The summed E-state index contributed by atoms with van der Waals surface area (Å²) in [4.78, 5) is 18.9.